The molecule has 0 aliphatic rings. The number of amides is 1. The Morgan fingerprint density at radius 1 is 1.06 bits per heavy atom. The van der Waals surface area contributed by atoms with Gasteiger partial charge in [-0.2, -0.15) is 10.5 Å². The SMILES string of the molecule is C=CCc1cc(/C=C(\C#N)C(=O)Nc2ccccc2C)cc(OCC)c1OCc1ccccc1C#N. The lowest BCUT2D eigenvalue weighted by molar-refractivity contribution is -0.112. The lowest BCUT2D eigenvalue weighted by Crippen LogP contribution is -2.14. The van der Waals surface area contributed by atoms with Crippen molar-refractivity contribution >= 4 is 17.7 Å². The Kier molecular flexibility index (Phi) is 9.03. The molecule has 0 fully saturated rings. The summed E-state index contributed by atoms with van der Waals surface area (Å²) < 4.78 is 12.0. The van der Waals surface area contributed by atoms with Crippen LogP contribution in [-0.4, -0.2) is 12.5 Å². The summed E-state index contributed by atoms with van der Waals surface area (Å²) in [4.78, 5) is 12.8. The van der Waals surface area contributed by atoms with Crippen molar-refractivity contribution in [1.29, 1.82) is 10.5 Å². The molecule has 36 heavy (non-hydrogen) atoms. The first-order valence-electron chi connectivity index (χ1n) is 11.5. The van der Waals surface area contributed by atoms with Gasteiger partial charge in [0.1, 0.15) is 18.2 Å². The van der Waals surface area contributed by atoms with Crippen LogP contribution < -0.4 is 14.8 Å². The van der Waals surface area contributed by atoms with E-state index >= 15 is 0 Å². The fraction of sp³-hybridized carbons (Fsp3) is 0.167. The van der Waals surface area contributed by atoms with Crippen LogP contribution in [0.15, 0.2) is 78.9 Å². The first-order chi connectivity index (χ1) is 17.5. The predicted octanol–water partition coefficient (Wildman–Crippen LogP) is 6.12. The maximum Gasteiger partial charge on any atom is 0.266 e. The van der Waals surface area contributed by atoms with Crippen molar-refractivity contribution in [3.63, 3.8) is 0 Å². The van der Waals surface area contributed by atoms with Crippen molar-refractivity contribution in [3.05, 3.63) is 107 Å². The molecule has 180 valence electrons. The molecule has 0 aliphatic heterocycles. The van der Waals surface area contributed by atoms with Crippen molar-refractivity contribution < 1.29 is 14.3 Å². The molecule has 6 nitrogen and oxygen atoms in total. The van der Waals surface area contributed by atoms with Crippen LogP contribution in [0.3, 0.4) is 0 Å². The van der Waals surface area contributed by atoms with E-state index in [2.05, 4.69) is 18.0 Å². The van der Waals surface area contributed by atoms with E-state index in [0.717, 1.165) is 16.7 Å². The Labute approximate surface area is 211 Å². The third kappa shape index (κ3) is 6.40. The smallest absolute Gasteiger partial charge is 0.266 e. The Hall–Kier alpha value is -4.81. The molecule has 0 heterocycles. The molecule has 0 saturated heterocycles. The summed E-state index contributed by atoms with van der Waals surface area (Å²) in [6, 6.07) is 22.4. The Morgan fingerprint density at radius 3 is 2.50 bits per heavy atom. The molecule has 0 aliphatic carbocycles. The Morgan fingerprint density at radius 2 is 1.81 bits per heavy atom. The molecule has 3 aromatic carbocycles. The molecule has 0 bridgehead atoms. The van der Waals surface area contributed by atoms with Gasteiger partial charge in [-0.05, 0) is 61.7 Å². The van der Waals surface area contributed by atoms with E-state index in [4.69, 9.17) is 9.47 Å². The quantitative estimate of drug-likeness (QED) is 0.216. The number of hydrogen-bond donors (Lipinski definition) is 1. The van der Waals surface area contributed by atoms with E-state index < -0.39 is 5.91 Å². The maximum atomic E-state index is 12.8. The largest absolute Gasteiger partial charge is 0.490 e. The summed E-state index contributed by atoms with van der Waals surface area (Å²) in [6.07, 6.45) is 3.75. The van der Waals surface area contributed by atoms with E-state index in [0.29, 0.717) is 41.3 Å². The highest BCUT2D eigenvalue weighted by atomic mass is 16.5. The van der Waals surface area contributed by atoms with Gasteiger partial charge in [0.2, 0.25) is 0 Å². The fourth-order valence-corrected chi connectivity index (χ4v) is 3.62. The lowest BCUT2D eigenvalue weighted by Gasteiger charge is -2.17. The number of ether oxygens (including phenoxy) is 2. The van der Waals surface area contributed by atoms with E-state index in [1.54, 1.807) is 30.3 Å². The van der Waals surface area contributed by atoms with E-state index in [1.165, 1.54) is 6.08 Å². The number of allylic oxidation sites excluding steroid dienone is 1. The molecule has 0 saturated carbocycles. The van der Waals surface area contributed by atoms with Gasteiger partial charge in [0, 0.05) is 16.8 Å². The van der Waals surface area contributed by atoms with E-state index in [9.17, 15) is 15.3 Å². The number of anilines is 1. The van der Waals surface area contributed by atoms with Gasteiger partial charge in [0.05, 0.1) is 18.2 Å². The van der Waals surface area contributed by atoms with Crippen LogP contribution in [-0.2, 0) is 17.8 Å². The average molecular weight is 478 g/mol. The number of carbonyl (C=O) groups is 1. The van der Waals surface area contributed by atoms with E-state index in [-0.39, 0.29) is 12.2 Å². The second-order valence-electron chi connectivity index (χ2n) is 7.93. The van der Waals surface area contributed by atoms with Crippen LogP contribution >= 0.6 is 0 Å². The summed E-state index contributed by atoms with van der Waals surface area (Å²) in [6.45, 7) is 8.16. The zero-order chi connectivity index (χ0) is 25.9. The summed E-state index contributed by atoms with van der Waals surface area (Å²) >= 11 is 0. The number of nitriles is 2. The normalized spacial score (nSPS) is 10.6. The zero-order valence-corrected chi connectivity index (χ0v) is 20.4. The number of nitrogens with one attached hydrogen (secondary N) is 1. The number of rotatable bonds is 10. The average Bonchev–Trinajstić information content (AvgIpc) is 2.88. The minimum atomic E-state index is -0.497. The van der Waals surface area contributed by atoms with Crippen LogP contribution in [0, 0.1) is 29.6 Å². The van der Waals surface area contributed by atoms with Gasteiger partial charge in [0.15, 0.2) is 11.5 Å². The number of para-hydroxylation sites is 1. The fourth-order valence-electron chi connectivity index (χ4n) is 3.62. The van der Waals surface area contributed by atoms with Crippen LogP contribution in [0.25, 0.3) is 6.08 Å². The third-order valence-corrected chi connectivity index (χ3v) is 5.40. The monoisotopic (exact) mass is 477 g/mol. The topological polar surface area (TPSA) is 95.1 Å². The molecular weight excluding hydrogens is 450 g/mol. The first-order valence-corrected chi connectivity index (χ1v) is 11.5. The lowest BCUT2D eigenvalue weighted by atomic mass is 10.0. The molecule has 0 aromatic heterocycles. The molecule has 1 N–H and O–H groups in total. The molecule has 3 aromatic rings. The predicted molar refractivity (Wildman–Crippen MR) is 140 cm³/mol. The third-order valence-electron chi connectivity index (χ3n) is 5.40. The highest BCUT2D eigenvalue weighted by Crippen LogP contribution is 2.35. The zero-order valence-electron chi connectivity index (χ0n) is 20.4. The van der Waals surface area contributed by atoms with Crippen molar-refractivity contribution in [2.45, 2.75) is 26.9 Å². The Balaban J connectivity index is 1.96. The van der Waals surface area contributed by atoms with Crippen LogP contribution in [0.1, 0.15) is 34.7 Å². The Bertz CT molecular complexity index is 1380. The second-order valence-corrected chi connectivity index (χ2v) is 7.93. The minimum absolute atomic E-state index is 0.0399. The van der Waals surface area contributed by atoms with Gasteiger partial charge in [-0.3, -0.25) is 4.79 Å². The maximum absolute atomic E-state index is 12.8. The minimum Gasteiger partial charge on any atom is -0.490 e. The number of benzene rings is 3. The highest BCUT2D eigenvalue weighted by Gasteiger charge is 2.16. The number of nitrogens with zero attached hydrogens (tertiary/aromatic N) is 2. The molecule has 0 spiro atoms. The van der Waals surface area contributed by atoms with Gasteiger partial charge >= 0.3 is 0 Å². The molecule has 3 rings (SSSR count). The van der Waals surface area contributed by atoms with Gasteiger partial charge in [-0.1, -0.05) is 42.5 Å². The van der Waals surface area contributed by atoms with E-state index in [1.807, 2.05) is 56.3 Å². The molecule has 0 radical (unpaired) electrons. The van der Waals surface area contributed by atoms with Gasteiger partial charge < -0.3 is 14.8 Å². The molecule has 0 unspecified atom stereocenters. The second kappa shape index (κ2) is 12.6. The highest BCUT2D eigenvalue weighted by molar-refractivity contribution is 6.10. The standard InChI is InChI=1S/C30H27N3O3/c1-4-10-23-15-22(16-26(19-32)30(34)33-27-14-9-6-11-21(27)3)17-28(35-5-2)29(23)36-20-25-13-8-7-12-24(25)18-31/h4,6-9,11-17H,1,5,10,20H2,2-3H3,(H,33,34)/b26-16+. The number of hydrogen-bond acceptors (Lipinski definition) is 5. The van der Waals surface area contributed by atoms with Crippen LogP contribution in [0.5, 0.6) is 11.5 Å². The van der Waals surface area contributed by atoms with Crippen molar-refractivity contribution in [2.75, 3.05) is 11.9 Å². The van der Waals surface area contributed by atoms with Crippen molar-refractivity contribution in [2.24, 2.45) is 0 Å². The van der Waals surface area contributed by atoms with Crippen molar-refractivity contribution in [3.8, 4) is 23.6 Å². The van der Waals surface area contributed by atoms with Gasteiger partial charge in [-0.25, -0.2) is 0 Å². The summed E-state index contributed by atoms with van der Waals surface area (Å²) in [5.41, 5.74) is 4.21. The summed E-state index contributed by atoms with van der Waals surface area (Å²) in [7, 11) is 0. The molecule has 0 atom stereocenters. The molecule has 6 heteroatoms. The van der Waals surface area contributed by atoms with Gasteiger partial charge in [-0.15, -0.1) is 6.58 Å². The molecular formula is C30H27N3O3. The van der Waals surface area contributed by atoms with Gasteiger partial charge in [0.25, 0.3) is 5.91 Å². The first kappa shape index (κ1) is 25.8. The number of carbonyl (C=O) groups excluding carboxylic acids is 1. The van der Waals surface area contributed by atoms with Crippen LogP contribution in [0.4, 0.5) is 5.69 Å². The number of aryl methyl sites for hydroxylation is 1. The van der Waals surface area contributed by atoms with Crippen LogP contribution in [0.2, 0.25) is 0 Å². The van der Waals surface area contributed by atoms with Crippen molar-refractivity contribution in [1.82, 2.24) is 0 Å². The molecule has 1 amide bonds. The summed E-state index contributed by atoms with van der Waals surface area (Å²) in [5, 5.41) is 21.9. The summed E-state index contributed by atoms with van der Waals surface area (Å²) in [5.74, 6) is 0.516.